The fourth-order valence-electron chi connectivity index (χ4n) is 3.21. The topological polar surface area (TPSA) is 102 Å². The van der Waals surface area contributed by atoms with Crippen LogP contribution in [-0.4, -0.2) is 29.1 Å². The Morgan fingerprint density at radius 3 is 2.51 bits per heavy atom. The number of carbonyl (C=O) groups is 2. The van der Waals surface area contributed by atoms with E-state index in [0.29, 0.717) is 22.8 Å². The zero-order valence-electron chi connectivity index (χ0n) is 19.3. The Labute approximate surface area is 206 Å². The fourth-order valence-corrected chi connectivity index (χ4v) is 3.86. The van der Waals surface area contributed by atoms with Crippen molar-refractivity contribution < 1.29 is 19.1 Å². The highest BCUT2D eigenvalue weighted by Crippen LogP contribution is 2.20. The summed E-state index contributed by atoms with van der Waals surface area (Å²) in [5.41, 5.74) is 2.88. The molecule has 3 aromatic carbocycles. The zero-order chi connectivity index (χ0) is 24.6. The van der Waals surface area contributed by atoms with Crippen LogP contribution in [0.5, 0.6) is 11.5 Å². The fraction of sp³-hybridized carbons (Fsp3) is 0.154. The second-order valence-corrected chi connectivity index (χ2v) is 8.68. The SMILES string of the molecule is COc1ccc(CNC(=O)c2cccc(NC(=O)c3nnc(COc4ccccc4C)s3)c2)cc1. The van der Waals surface area contributed by atoms with Crippen molar-refractivity contribution >= 4 is 28.8 Å². The molecule has 0 fully saturated rings. The molecule has 0 atom stereocenters. The van der Waals surface area contributed by atoms with E-state index in [1.54, 1.807) is 31.4 Å². The van der Waals surface area contributed by atoms with Crippen LogP contribution in [-0.2, 0) is 13.2 Å². The van der Waals surface area contributed by atoms with Gasteiger partial charge in [-0.25, -0.2) is 0 Å². The summed E-state index contributed by atoms with van der Waals surface area (Å²) in [4.78, 5) is 25.2. The van der Waals surface area contributed by atoms with Crippen LogP contribution in [0, 0.1) is 6.92 Å². The molecule has 0 radical (unpaired) electrons. The Bertz CT molecular complexity index is 1320. The molecule has 35 heavy (non-hydrogen) atoms. The van der Waals surface area contributed by atoms with Gasteiger partial charge in [0, 0.05) is 17.8 Å². The third kappa shape index (κ3) is 6.42. The lowest BCUT2D eigenvalue weighted by atomic mass is 10.1. The summed E-state index contributed by atoms with van der Waals surface area (Å²) < 4.78 is 10.9. The monoisotopic (exact) mass is 488 g/mol. The van der Waals surface area contributed by atoms with Crippen LogP contribution in [0.3, 0.4) is 0 Å². The van der Waals surface area contributed by atoms with Gasteiger partial charge in [-0.15, -0.1) is 10.2 Å². The van der Waals surface area contributed by atoms with E-state index in [2.05, 4.69) is 20.8 Å². The highest BCUT2D eigenvalue weighted by molar-refractivity contribution is 7.13. The van der Waals surface area contributed by atoms with Gasteiger partial charge in [-0.3, -0.25) is 9.59 Å². The van der Waals surface area contributed by atoms with E-state index in [9.17, 15) is 9.59 Å². The maximum Gasteiger partial charge on any atom is 0.286 e. The van der Waals surface area contributed by atoms with Gasteiger partial charge in [0.05, 0.1) is 7.11 Å². The Hall–Kier alpha value is -4.24. The molecular formula is C26H24N4O4S. The van der Waals surface area contributed by atoms with Crippen molar-refractivity contribution in [1.82, 2.24) is 15.5 Å². The summed E-state index contributed by atoms with van der Waals surface area (Å²) in [5.74, 6) is 0.865. The van der Waals surface area contributed by atoms with E-state index < -0.39 is 5.91 Å². The molecule has 8 nitrogen and oxygen atoms in total. The van der Waals surface area contributed by atoms with Crippen molar-refractivity contribution in [2.75, 3.05) is 12.4 Å². The van der Waals surface area contributed by atoms with Crippen molar-refractivity contribution in [2.24, 2.45) is 0 Å². The minimum Gasteiger partial charge on any atom is -0.497 e. The first-order chi connectivity index (χ1) is 17.0. The number of hydrogen-bond acceptors (Lipinski definition) is 7. The summed E-state index contributed by atoms with van der Waals surface area (Å²) in [6.07, 6.45) is 0. The lowest BCUT2D eigenvalue weighted by Gasteiger charge is -2.08. The van der Waals surface area contributed by atoms with Gasteiger partial charge < -0.3 is 20.1 Å². The second kappa shape index (κ2) is 11.3. The number of benzene rings is 3. The predicted octanol–water partition coefficient (Wildman–Crippen LogP) is 4.62. The maximum absolute atomic E-state index is 12.6. The number of rotatable bonds is 9. The molecule has 1 heterocycles. The summed E-state index contributed by atoms with van der Waals surface area (Å²) in [7, 11) is 1.60. The number of carbonyl (C=O) groups excluding carboxylic acids is 2. The third-order valence-corrected chi connectivity index (χ3v) is 6.00. The van der Waals surface area contributed by atoms with Crippen molar-refractivity contribution in [3.8, 4) is 11.5 Å². The molecule has 178 valence electrons. The number of anilines is 1. The van der Waals surface area contributed by atoms with Gasteiger partial charge in [-0.1, -0.05) is 47.7 Å². The molecule has 0 saturated carbocycles. The molecule has 0 aliphatic heterocycles. The Kier molecular flexibility index (Phi) is 7.69. The number of para-hydroxylation sites is 1. The van der Waals surface area contributed by atoms with Crippen LogP contribution in [0.1, 0.15) is 36.3 Å². The van der Waals surface area contributed by atoms with Crippen LogP contribution in [0.4, 0.5) is 5.69 Å². The minimum absolute atomic E-state index is 0.211. The first-order valence-electron chi connectivity index (χ1n) is 10.8. The van der Waals surface area contributed by atoms with Gasteiger partial charge >= 0.3 is 0 Å². The minimum atomic E-state index is -0.402. The second-order valence-electron chi connectivity index (χ2n) is 7.62. The number of aryl methyl sites for hydroxylation is 1. The van der Waals surface area contributed by atoms with Crippen molar-refractivity contribution in [1.29, 1.82) is 0 Å². The number of hydrogen-bond donors (Lipinski definition) is 2. The highest BCUT2D eigenvalue weighted by Gasteiger charge is 2.15. The van der Waals surface area contributed by atoms with Crippen molar-refractivity contribution in [3.63, 3.8) is 0 Å². The van der Waals surface area contributed by atoms with E-state index in [1.165, 1.54) is 0 Å². The average Bonchev–Trinajstić information content (AvgIpc) is 3.36. The maximum atomic E-state index is 12.6. The van der Waals surface area contributed by atoms with Gasteiger partial charge in [-0.2, -0.15) is 0 Å². The Balaban J connectivity index is 1.32. The number of nitrogens with zero attached hydrogens (tertiary/aromatic N) is 2. The van der Waals surface area contributed by atoms with Gasteiger partial charge in [0.1, 0.15) is 18.1 Å². The normalized spacial score (nSPS) is 10.5. The molecule has 0 aliphatic rings. The Morgan fingerprint density at radius 2 is 1.74 bits per heavy atom. The van der Waals surface area contributed by atoms with Gasteiger partial charge in [0.15, 0.2) is 5.01 Å². The quantitative estimate of drug-likeness (QED) is 0.357. The van der Waals surface area contributed by atoms with Crippen LogP contribution in [0.25, 0.3) is 0 Å². The van der Waals surface area contributed by atoms with Crippen LogP contribution < -0.4 is 20.1 Å². The lowest BCUT2D eigenvalue weighted by Crippen LogP contribution is -2.23. The van der Waals surface area contributed by atoms with Crippen LogP contribution >= 0.6 is 11.3 Å². The number of nitrogens with one attached hydrogen (secondary N) is 2. The Morgan fingerprint density at radius 1 is 0.943 bits per heavy atom. The zero-order valence-corrected chi connectivity index (χ0v) is 20.1. The molecule has 0 spiro atoms. The molecule has 1 aromatic heterocycles. The predicted molar refractivity (Wildman–Crippen MR) is 134 cm³/mol. The molecule has 2 amide bonds. The average molecular weight is 489 g/mol. The summed E-state index contributed by atoms with van der Waals surface area (Å²) >= 11 is 1.16. The largest absolute Gasteiger partial charge is 0.497 e. The highest BCUT2D eigenvalue weighted by atomic mass is 32.1. The van der Waals surface area contributed by atoms with E-state index >= 15 is 0 Å². The number of methoxy groups -OCH3 is 1. The molecular weight excluding hydrogens is 464 g/mol. The lowest BCUT2D eigenvalue weighted by molar-refractivity contribution is 0.0949. The first kappa shape index (κ1) is 23.9. The molecule has 0 bridgehead atoms. The van der Waals surface area contributed by atoms with E-state index in [-0.39, 0.29) is 17.5 Å². The number of ether oxygens (including phenoxy) is 2. The van der Waals surface area contributed by atoms with Gasteiger partial charge in [-0.05, 0) is 54.4 Å². The van der Waals surface area contributed by atoms with E-state index in [4.69, 9.17) is 9.47 Å². The molecule has 4 rings (SSSR count). The van der Waals surface area contributed by atoms with Crippen LogP contribution in [0.2, 0.25) is 0 Å². The molecule has 4 aromatic rings. The number of amides is 2. The molecule has 0 aliphatic carbocycles. The van der Waals surface area contributed by atoms with Crippen molar-refractivity contribution in [3.05, 3.63) is 99.5 Å². The third-order valence-electron chi connectivity index (χ3n) is 5.10. The summed E-state index contributed by atoms with van der Waals surface area (Å²) in [5, 5.41) is 14.5. The van der Waals surface area contributed by atoms with Gasteiger partial charge in [0.25, 0.3) is 11.8 Å². The molecule has 2 N–H and O–H groups in total. The van der Waals surface area contributed by atoms with E-state index in [0.717, 1.165) is 34.0 Å². The first-order valence-corrected chi connectivity index (χ1v) is 11.7. The van der Waals surface area contributed by atoms with Crippen LogP contribution in [0.15, 0.2) is 72.8 Å². The summed E-state index contributed by atoms with van der Waals surface area (Å²) in [6, 6.07) is 21.8. The molecule has 9 heteroatoms. The van der Waals surface area contributed by atoms with Gasteiger partial charge in [0.2, 0.25) is 5.01 Å². The van der Waals surface area contributed by atoms with Crippen molar-refractivity contribution in [2.45, 2.75) is 20.1 Å². The van der Waals surface area contributed by atoms with E-state index in [1.807, 2.05) is 55.5 Å². The smallest absolute Gasteiger partial charge is 0.286 e. The summed E-state index contributed by atoms with van der Waals surface area (Å²) in [6.45, 7) is 2.55. The molecule has 0 unspecified atom stereocenters. The molecule has 0 saturated heterocycles. The standard InChI is InChI=1S/C26H24N4O4S/c1-17-6-3-4-9-22(17)34-16-23-29-30-26(35-23)25(32)28-20-8-5-7-19(14-20)24(31)27-15-18-10-12-21(33-2)13-11-18/h3-14H,15-16H2,1-2H3,(H,27,31)(H,28,32). The number of aromatic nitrogens is 2.